The van der Waals surface area contributed by atoms with Gasteiger partial charge in [-0.25, -0.2) is 9.18 Å². The third kappa shape index (κ3) is 3.41. The van der Waals surface area contributed by atoms with Gasteiger partial charge in [0, 0.05) is 6.42 Å². The van der Waals surface area contributed by atoms with Crippen LogP contribution in [-0.2, 0) is 18.9 Å². The van der Waals surface area contributed by atoms with Crippen LogP contribution in [0, 0.1) is 11.8 Å². The molecule has 0 spiro atoms. The number of carbonyl (C=O) groups is 1. The van der Waals surface area contributed by atoms with Gasteiger partial charge in [0.15, 0.2) is 0 Å². The van der Waals surface area contributed by atoms with Crippen molar-refractivity contribution in [3.8, 4) is 0 Å². The molecule has 4 bridgehead atoms. The number of hydrogen-bond acceptors (Lipinski definition) is 7. The summed E-state index contributed by atoms with van der Waals surface area (Å²) in [6.45, 7) is 0. The van der Waals surface area contributed by atoms with Crippen molar-refractivity contribution in [1.82, 2.24) is 0 Å². The Labute approximate surface area is 153 Å². The number of halogens is 6. The van der Waals surface area contributed by atoms with Gasteiger partial charge >= 0.3 is 23.1 Å². The van der Waals surface area contributed by atoms with Gasteiger partial charge in [0.1, 0.15) is 5.60 Å². The first-order chi connectivity index (χ1) is 12.3. The number of esters is 1. The molecule has 0 amide bonds. The maximum Gasteiger partial charge on any atom is 0.458 e. The second-order valence-electron chi connectivity index (χ2n) is 7.64. The first kappa shape index (κ1) is 21.0. The van der Waals surface area contributed by atoms with Gasteiger partial charge in [-0.2, -0.15) is 26.3 Å². The molecular weight excluding hydrogens is 410 g/mol. The molecule has 4 rings (SSSR count). The van der Waals surface area contributed by atoms with E-state index in [-0.39, 0.29) is 31.1 Å². The zero-order valence-corrected chi connectivity index (χ0v) is 14.4. The van der Waals surface area contributed by atoms with E-state index in [9.17, 15) is 41.5 Å². The molecule has 1 N–H and O–H groups in total. The molecule has 4 aliphatic rings. The summed E-state index contributed by atoms with van der Waals surface area (Å²) >= 11 is -1.41. The fraction of sp³-hybridized carbons (Fsp3) is 0.929. The highest BCUT2D eigenvalue weighted by Crippen LogP contribution is 2.60. The molecule has 3 unspecified atom stereocenters. The molecule has 27 heavy (non-hydrogen) atoms. The normalized spacial score (nSPS) is 37.9. The summed E-state index contributed by atoms with van der Waals surface area (Å²) in [5, 5.41) is 17.8. The van der Waals surface area contributed by atoms with Gasteiger partial charge in [0.25, 0.3) is 0 Å². The molecule has 4 fully saturated rings. The minimum atomic E-state index is -6.47. The fourth-order valence-electron chi connectivity index (χ4n) is 4.97. The van der Waals surface area contributed by atoms with E-state index in [0.717, 1.165) is 0 Å². The number of ether oxygens (including phenoxy) is 1. The molecule has 6 nitrogen and oxygen atoms in total. The van der Waals surface area contributed by atoms with Crippen molar-refractivity contribution in [2.24, 2.45) is 11.8 Å². The van der Waals surface area contributed by atoms with Crippen LogP contribution < -0.4 is 5.26 Å². The predicted octanol–water partition coefficient (Wildman–Crippen LogP) is 2.35. The molecule has 0 radical (unpaired) electrons. The van der Waals surface area contributed by atoms with Crippen molar-refractivity contribution in [2.75, 3.05) is 0 Å². The minimum Gasteiger partial charge on any atom is -0.691 e. The molecule has 3 atom stereocenters. The molecule has 0 aromatic heterocycles. The average molecular weight is 425 g/mol. The van der Waals surface area contributed by atoms with E-state index in [1.807, 2.05) is 0 Å². The van der Waals surface area contributed by atoms with Crippen molar-refractivity contribution >= 4 is 18.0 Å². The molecule has 13 heteroatoms. The summed E-state index contributed by atoms with van der Waals surface area (Å²) in [5.41, 5.74) is -2.79. The van der Waals surface area contributed by atoms with Gasteiger partial charge in [-0.3, -0.25) is 5.04 Å². The zero-order valence-electron chi connectivity index (χ0n) is 13.6. The van der Waals surface area contributed by atoms with E-state index in [1.54, 1.807) is 0 Å². The molecule has 4 aliphatic carbocycles. The van der Waals surface area contributed by atoms with Crippen LogP contribution in [0.15, 0.2) is 0 Å². The quantitative estimate of drug-likeness (QED) is 0.230. The summed E-state index contributed by atoms with van der Waals surface area (Å²) in [4.78, 5) is 12.1. The Bertz CT molecular complexity index is 601. The van der Waals surface area contributed by atoms with E-state index in [1.165, 1.54) is 0 Å². The van der Waals surface area contributed by atoms with Crippen LogP contribution in [0.2, 0.25) is 0 Å². The van der Waals surface area contributed by atoms with Crippen LogP contribution in [0.4, 0.5) is 26.3 Å². The summed E-state index contributed by atoms with van der Waals surface area (Å²) in [5.74, 6) is -9.01. The van der Waals surface area contributed by atoms with Crippen LogP contribution >= 0.6 is 12.0 Å². The maximum absolute atomic E-state index is 14.6. The highest BCUT2D eigenvalue weighted by molar-refractivity contribution is 7.96. The van der Waals surface area contributed by atoms with Crippen LogP contribution in [0.25, 0.3) is 0 Å². The Hall–Kier alpha value is -0.760. The summed E-state index contributed by atoms with van der Waals surface area (Å²) in [6.07, 6.45) is -4.93. The molecule has 0 aliphatic heterocycles. The predicted molar refractivity (Wildman–Crippen MR) is 73.1 cm³/mol. The Balaban J connectivity index is 1.87. The Morgan fingerprint density at radius 1 is 1.07 bits per heavy atom. The highest BCUT2D eigenvalue weighted by atomic mass is 32.2. The molecule has 0 aromatic rings. The van der Waals surface area contributed by atoms with Gasteiger partial charge in [-0.15, -0.1) is 0 Å². The first-order valence-corrected chi connectivity index (χ1v) is 8.74. The van der Waals surface area contributed by atoms with Crippen LogP contribution in [0.1, 0.15) is 38.5 Å². The second kappa shape index (κ2) is 6.37. The number of carbonyl (C=O) groups excluding carboxylic acids is 1. The van der Waals surface area contributed by atoms with E-state index >= 15 is 0 Å². The number of aliphatic hydroxyl groups is 1. The highest BCUT2D eigenvalue weighted by Gasteiger charge is 2.78. The van der Waals surface area contributed by atoms with E-state index in [0.29, 0.717) is 19.3 Å². The van der Waals surface area contributed by atoms with E-state index < -0.39 is 46.3 Å². The van der Waals surface area contributed by atoms with Crippen LogP contribution in [0.5, 0.6) is 0 Å². The maximum atomic E-state index is 14.6. The van der Waals surface area contributed by atoms with Crippen molar-refractivity contribution in [2.45, 2.75) is 66.8 Å². The van der Waals surface area contributed by atoms with Crippen molar-refractivity contribution in [1.29, 1.82) is 0 Å². The van der Waals surface area contributed by atoms with E-state index in [4.69, 9.17) is 4.74 Å². The van der Waals surface area contributed by atoms with Gasteiger partial charge in [-0.1, -0.05) is 0 Å². The Morgan fingerprint density at radius 3 is 2.07 bits per heavy atom. The lowest BCUT2D eigenvalue weighted by molar-refractivity contribution is -0.777. The molecule has 4 saturated carbocycles. The summed E-state index contributed by atoms with van der Waals surface area (Å²) in [7, 11) is 0. The smallest absolute Gasteiger partial charge is 0.458 e. The largest absolute Gasteiger partial charge is 0.691 e. The van der Waals surface area contributed by atoms with Crippen LogP contribution in [-0.4, -0.2) is 39.4 Å². The van der Waals surface area contributed by atoms with E-state index in [2.05, 4.69) is 9.37 Å². The lowest BCUT2D eigenvalue weighted by Gasteiger charge is -2.59. The standard InChI is InChI=1S/C14H16F6O6S/c15-12(27-26-25-23,13(16,17)14(18,19)20)9(21)24-11-4-7-1-8(5-11)3-10(22,2-7)6-11/h7-8,22-23H,1-6H2/p-1. The molecule has 156 valence electrons. The topological polar surface area (TPSA) is 88.1 Å². The minimum absolute atomic E-state index is 0.116. The van der Waals surface area contributed by atoms with Gasteiger partial charge in [0.05, 0.1) is 17.6 Å². The molecular formula is C14H15F6O6S-. The van der Waals surface area contributed by atoms with Crippen LogP contribution in [0.3, 0.4) is 0 Å². The lowest BCUT2D eigenvalue weighted by atomic mass is 9.52. The van der Waals surface area contributed by atoms with Gasteiger partial charge in [-0.05, 0) is 43.9 Å². The Morgan fingerprint density at radius 2 is 1.63 bits per heavy atom. The van der Waals surface area contributed by atoms with Gasteiger partial charge < -0.3 is 15.1 Å². The summed E-state index contributed by atoms with van der Waals surface area (Å²) in [6, 6.07) is 0. The average Bonchev–Trinajstić information content (AvgIpc) is 2.48. The lowest BCUT2D eigenvalue weighted by Crippen LogP contribution is -2.63. The molecule has 0 saturated heterocycles. The third-order valence-electron chi connectivity index (χ3n) is 5.48. The number of hydrogen-bond donors (Lipinski definition) is 1. The summed E-state index contributed by atoms with van der Waals surface area (Å²) < 4.78 is 88.1. The number of rotatable bonds is 6. The zero-order chi connectivity index (χ0) is 20.3. The fourth-order valence-corrected chi connectivity index (χ4v) is 5.42. The SMILES string of the molecule is O=C(OC12CC3CC(CC(O)(C3)C1)C2)C(F)(SOO[O-])C(F)(F)C(F)(F)F. The van der Waals surface area contributed by atoms with Crippen molar-refractivity contribution in [3.63, 3.8) is 0 Å². The van der Waals surface area contributed by atoms with Crippen molar-refractivity contribution < 1.29 is 55.6 Å². The Kier molecular flexibility index (Phi) is 4.95. The third-order valence-corrected chi connectivity index (χ3v) is 6.26. The molecule has 0 aromatic carbocycles. The molecule has 0 heterocycles. The second-order valence-corrected chi connectivity index (χ2v) is 8.51. The number of alkyl halides is 6. The van der Waals surface area contributed by atoms with Crippen molar-refractivity contribution in [3.05, 3.63) is 0 Å². The first-order valence-electron chi connectivity index (χ1n) is 7.99. The van der Waals surface area contributed by atoms with Gasteiger partial charge in [0.2, 0.25) is 0 Å². The monoisotopic (exact) mass is 425 g/mol.